The van der Waals surface area contributed by atoms with Crippen LogP contribution in [-0.2, 0) is 7.05 Å². The molecule has 2 N–H and O–H groups in total. The Hall–Kier alpha value is -3.37. The molecule has 28 heavy (non-hydrogen) atoms. The molecular weight excluding hydrogens is 370 g/mol. The highest BCUT2D eigenvalue weighted by molar-refractivity contribution is 6.04. The predicted octanol–water partition coefficient (Wildman–Crippen LogP) is 1.28. The summed E-state index contributed by atoms with van der Waals surface area (Å²) in [6.45, 7) is 2.51. The fraction of sp³-hybridized carbons (Fsp3) is 0.471. The third-order valence-corrected chi connectivity index (χ3v) is 4.53. The van der Waals surface area contributed by atoms with E-state index in [4.69, 9.17) is 4.74 Å². The highest BCUT2D eigenvalue weighted by Gasteiger charge is 2.30. The molecule has 0 aromatic carbocycles. The molecule has 11 heteroatoms. The lowest BCUT2D eigenvalue weighted by Gasteiger charge is -2.31. The fourth-order valence-electron chi connectivity index (χ4n) is 3.21. The number of aromatic nitrogens is 3. The Kier molecular flexibility index (Phi) is 5.62. The smallest absolute Gasteiger partial charge is 0.407 e. The molecule has 11 nitrogen and oxygen atoms in total. The van der Waals surface area contributed by atoms with Gasteiger partial charge in [-0.25, -0.2) is 9.78 Å². The number of piperidine rings is 1. The Labute approximate surface area is 159 Å². The molecule has 1 atom stereocenters. The van der Waals surface area contributed by atoms with Gasteiger partial charge in [-0.2, -0.15) is 0 Å². The first kappa shape index (κ1) is 19.4. The van der Waals surface area contributed by atoms with Gasteiger partial charge in [0, 0.05) is 26.1 Å². The fourth-order valence-corrected chi connectivity index (χ4v) is 3.21. The van der Waals surface area contributed by atoms with Gasteiger partial charge >= 0.3 is 6.09 Å². The standard InChI is InChI=1S/C17H21N5O6/c1-3-27-13-12(15(23)19-11-7-18-28-9-11)20-14(21(2)16(13)24)10-5-4-6-22(8-10)17(25)26/h7,9-10H,3-6,8H2,1-2H3,(H,19,23)(H,25,26). The van der Waals surface area contributed by atoms with Gasteiger partial charge in [0.2, 0.25) is 5.75 Å². The number of anilines is 1. The number of amides is 2. The van der Waals surface area contributed by atoms with Gasteiger partial charge in [0.1, 0.15) is 17.8 Å². The molecule has 1 saturated heterocycles. The molecule has 0 radical (unpaired) electrons. The average Bonchev–Trinajstić information content (AvgIpc) is 3.18. The van der Waals surface area contributed by atoms with Gasteiger partial charge in [-0.3, -0.25) is 14.2 Å². The molecule has 0 bridgehead atoms. The van der Waals surface area contributed by atoms with E-state index < -0.39 is 17.6 Å². The molecule has 1 aliphatic rings. The SMILES string of the molecule is CCOc1c(C(=O)Nc2cnoc2)nc(C2CCCN(C(=O)O)C2)n(C)c1=O. The monoisotopic (exact) mass is 391 g/mol. The number of hydrogen-bond acceptors (Lipinski definition) is 7. The molecule has 2 amide bonds. The van der Waals surface area contributed by atoms with E-state index in [2.05, 4.69) is 20.0 Å². The second kappa shape index (κ2) is 8.11. The first-order chi connectivity index (χ1) is 13.4. The van der Waals surface area contributed by atoms with Crippen molar-refractivity contribution in [3.63, 3.8) is 0 Å². The topological polar surface area (TPSA) is 140 Å². The molecule has 2 aromatic heterocycles. The molecule has 3 rings (SSSR count). The highest BCUT2D eigenvalue weighted by atomic mass is 16.5. The van der Waals surface area contributed by atoms with Gasteiger partial charge in [-0.1, -0.05) is 5.16 Å². The summed E-state index contributed by atoms with van der Waals surface area (Å²) in [5.74, 6) is -0.764. The number of nitrogens with zero attached hydrogens (tertiary/aromatic N) is 4. The number of hydrogen-bond donors (Lipinski definition) is 2. The Bertz CT molecular complexity index is 923. The summed E-state index contributed by atoms with van der Waals surface area (Å²) in [5, 5.41) is 15.3. The summed E-state index contributed by atoms with van der Waals surface area (Å²) in [4.78, 5) is 42.5. The van der Waals surface area contributed by atoms with Gasteiger partial charge in [0.15, 0.2) is 5.69 Å². The molecule has 1 aliphatic heterocycles. The number of carboxylic acid groups (broad SMARTS) is 1. The van der Waals surface area contributed by atoms with Crippen molar-refractivity contribution in [1.82, 2.24) is 19.6 Å². The molecule has 0 aliphatic carbocycles. The number of likely N-dealkylation sites (tertiary alicyclic amines) is 1. The number of nitrogens with one attached hydrogen (secondary N) is 1. The van der Waals surface area contributed by atoms with E-state index in [0.29, 0.717) is 30.9 Å². The number of rotatable bonds is 5. The summed E-state index contributed by atoms with van der Waals surface area (Å²) in [6, 6.07) is 0. The van der Waals surface area contributed by atoms with Crippen LogP contribution in [0.3, 0.4) is 0 Å². The van der Waals surface area contributed by atoms with Crippen LogP contribution >= 0.6 is 0 Å². The first-order valence-electron chi connectivity index (χ1n) is 8.84. The van der Waals surface area contributed by atoms with Crippen molar-refractivity contribution < 1.29 is 24.0 Å². The second-order valence-electron chi connectivity index (χ2n) is 6.38. The van der Waals surface area contributed by atoms with E-state index in [1.54, 1.807) is 6.92 Å². The van der Waals surface area contributed by atoms with Crippen molar-refractivity contribution in [2.45, 2.75) is 25.7 Å². The van der Waals surface area contributed by atoms with E-state index in [1.165, 1.54) is 29.0 Å². The van der Waals surface area contributed by atoms with Crippen LogP contribution in [-0.4, -0.2) is 56.4 Å². The summed E-state index contributed by atoms with van der Waals surface area (Å²) in [6.07, 6.45) is 2.83. The van der Waals surface area contributed by atoms with E-state index in [0.717, 1.165) is 0 Å². The van der Waals surface area contributed by atoms with Crippen LogP contribution in [0.25, 0.3) is 0 Å². The molecule has 0 spiro atoms. The van der Waals surface area contributed by atoms with Crippen LogP contribution in [0.1, 0.15) is 42.0 Å². The normalized spacial score (nSPS) is 16.6. The van der Waals surface area contributed by atoms with E-state index in [-0.39, 0.29) is 30.5 Å². The highest BCUT2D eigenvalue weighted by Crippen LogP contribution is 2.26. The predicted molar refractivity (Wildman–Crippen MR) is 96.7 cm³/mol. The van der Waals surface area contributed by atoms with Gasteiger partial charge in [-0.05, 0) is 19.8 Å². The minimum Gasteiger partial charge on any atom is -0.486 e. The maximum atomic E-state index is 12.8. The van der Waals surface area contributed by atoms with Crippen molar-refractivity contribution in [2.75, 3.05) is 25.0 Å². The third-order valence-electron chi connectivity index (χ3n) is 4.53. The van der Waals surface area contributed by atoms with Crippen molar-refractivity contribution in [3.05, 3.63) is 34.3 Å². The Morgan fingerprint density at radius 1 is 1.46 bits per heavy atom. The molecule has 3 heterocycles. The zero-order valence-electron chi connectivity index (χ0n) is 15.5. The van der Waals surface area contributed by atoms with Gasteiger partial charge in [0.25, 0.3) is 11.5 Å². The Morgan fingerprint density at radius 3 is 2.89 bits per heavy atom. The minimum absolute atomic E-state index is 0.159. The summed E-state index contributed by atoms with van der Waals surface area (Å²) in [5.41, 5.74) is -0.352. The van der Waals surface area contributed by atoms with Crippen LogP contribution in [0.2, 0.25) is 0 Å². The largest absolute Gasteiger partial charge is 0.486 e. The van der Waals surface area contributed by atoms with E-state index >= 15 is 0 Å². The van der Waals surface area contributed by atoms with Crippen molar-refractivity contribution in [1.29, 1.82) is 0 Å². The molecule has 0 saturated carbocycles. The lowest BCUT2D eigenvalue weighted by molar-refractivity contribution is 0.101. The van der Waals surface area contributed by atoms with Gasteiger partial charge in [-0.15, -0.1) is 0 Å². The quantitative estimate of drug-likeness (QED) is 0.777. The lowest BCUT2D eigenvalue weighted by atomic mass is 9.97. The zero-order valence-corrected chi connectivity index (χ0v) is 15.5. The average molecular weight is 391 g/mol. The van der Waals surface area contributed by atoms with Crippen LogP contribution in [0.5, 0.6) is 5.75 Å². The van der Waals surface area contributed by atoms with Crippen molar-refractivity contribution in [3.8, 4) is 5.75 Å². The lowest BCUT2D eigenvalue weighted by Crippen LogP contribution is -2.40. The second-order valence-corrected chi connectivity index (χ2v) is 6.38. The third kappa shape index (κ3) is 3.82. The Morgan fingerprint density at radius 2 is 2.25 bits per heavy atom. The number of ether oxygens (including phenoxy) is 1. The molecular formula is C17H21N5O6. The maximum absolute atomic E-state index is 12.8. The zero-order chi connectivity index (χ0) is 20.3. The van der Waals surface area contributed by atoms with Crippen LogP contribution < -0.4 is 15.6 Å². The van der Waals surface area contributed by atoms with Crippen LogP contribution in [0.4, 0.5) is 10.5 Å². The van der Waals surface area contributed by atoms with Crippen LogP contribution in [0.15, 0.2) is 21.8 Å². The molecule has 1 fully saturated rings. The Balaban J connectivity index is 2.01. The van der Waals surface area contributed by atoms with Crippen molar-refractivity contribution in [2.24, 2.45) is 7.05 Å². The molecule has 150 valence electrons. The van der Waals surface area contributed by atoms with Gasteiger partial charge < -0.3 is 24.6 Å². The number of carbonyl (C=O) groups is 2. The molecule has 2 aromatic rings. The first-order valence-corrected chi connectivity index (χ1v) is 8.84. The maximum Gasteiger partial charge on any atom is 0.407 e. The summed E-state index contributed by atoms with van der Waals surface area (Å²) < 4.78 is 11.4. The van der Waals surface area contributed by atoms with Crippen LogP contribution in [0, 0.1) is 0 Å². The minimum atomic E-state index is -1.02. The van der Waals surface area contributed by atoms with Crippen molar-refractivity contribution >= 4 is 17.7 Å². The number of carbonyl (C=O) groups excluding carboxylic acids is 1. The van der Waals surface area contributed by atoms with Gasteiger partial charge in [0.05, 0.1) is 12.8 Å². The molecule has 1 unspecified atom stereocenters. The summed E-state index contributed by atoms with van der Waals surface area (Å²) in [7, 11) is 1.54. The van der Waals surface area contributed by atoms with E-state index in [1.807, 2.05) is 0 Å². The summed E-state index contributed by atoms with van der Waals surface area (Å²) >= 11 is 0. The van der Waals surface area contributed by atoms with E-state index in [9.17, 15) is 19.5 Å².